The lowest BCUT2D eigenvalue weighted by molar-refractivity contribution is -0.143. The Balaban J connectivity index is 1.87. The summed E-state index contributed by atoms with van der Waals surface area (Å²) in [6, 6.07) is 12.9. The topological polar surface area (TPSA) is 66.9 Å². The number of anilines is 1. The zero-order chi connectivity index (χ0) is 22.1. The minimum Gasteiger partial charge on any atom is -0.497 e. The molecule has 6 nitrogen and oxygen atoms in total. The monoisotopic (exact) mass is 428 g/mol. The van der Waals surface area contributed by atoms with Gasteiger partial charge in [-0.25, -0.2) is 4.90 Å². The first-order chi connectivity index (χ1) is 14.1. The van der Waals surface area contributed by atoms with Crippen molar-refractivity contribution in [1.29, 1.82) is 0 Å². The van der Waals surface area contributed by atoms with Crippen LogP contribution >= 0.6 is 11.6 Å². The van der Waals surface area contributed by atoms with E-state index in [1.165, 1.54) is 4.90 Å². The van der Waals surface area contributed by atoms with Crippen LogP contribution in [0.2, 0.25) is 5.02 Å². The highest BCUT2D eigenvalue weighted by molar-refractivity contribution is 6.30. The Labute approximate surface area is 181 Å². The van der Waals surface area contributed by atoms with Crippen molar-refractivity contribution in [3.05, 3.63) is 59.1 Å². The fraction of sp³-hybridized carbons (Fsp3) is 0.348. The van der Waals surface area contributed by atoms with Gasteiger partial charge in [0.25, 0.3) is 5.91 Å². The van der Waals surface area contributed by atoms with Crippen molar-refractivity contribution in [1.82, 2.24) is 4.90 Å². The first-order valence-electron chi connectivity index (χ1n) is 9.69. The fourth-order valence-corrected chi connectivity index (χ4v) is 3.82. The Kier molecular flexibility index (Phi) is 6.17. The van der Waals surface area contributed by atoms with Crippen molar-refractivity contribution in [3.8, 4) is 5.75 Å². The molecule has 0 bridgehead atoms. The Morgan fingerprint density at radius 3 is 2.23 bits per heavy atom. The lowest BCUT2D eigenvalue weighted by atomic mass is 9.99. The molecule has 158 valence electrons. The van der Waals surface area contributed by atoms with Gasteiger partial charge in [-0.1, -0.05) is 23.7 Å². The van der Waals surface area contributed by atoms with Gasteiger partial charge in [-0.2, -0.15) is 0 Å². The largest absolute Gasteiger partial charge is 0.497 e. The van der Waals surface area contributed by atoms with E-state index >= 15 is 0 Å². The summed E-state index contributed by atoms with van der Waals surface area (Å²) < 4.78 is 5.14. The maximum absolute atomic E-state index is 13.2. The lowest BCUT2D eigenvalue weighted by Crippen LogP contribution is -2.55. The standard InChI is InChI=1S/C23H25ClN2O4/c1-23(2,3)26(21(28)13-15-5-7-16(24)8-6-15)19-14-20(27)25(22(19)29)17-9-11-18(30-4)12-10-17/h5-12,19H,13-14H2,1-4H3. The number of amides is 3. The minimum absolute atomic E-state index is 0.0471. The molecule has 1 fully saturated rings. The summed E-state index contributed by atoms with van der Waals surface area (Å²) in [5, 5.41) is 0.588. The van der Waals surface area contributed by atoms with E-state index in [0.717, 1.165) is 10.5 Å². The smallest absolute Gasteiger partial charge is 0.257 e. The van der Waals surface area contributed by atoms with Crippen LogP contribution in [0.5, 0.6) is 5.75 Å². The SMILES string of the molecule is COc1ccc(N2C(=O)CC(N(C(=O)Cc3ccc(Cl)cc3)C(C)(C)C)C2=O)cc1. The number of ether oxygens (including phenoxy) is 1. The van der Waals surface area contributed by atoms with Crippen LogP contribution in [-0.2, 0) is 20.8 Å². The van der Waals surface area contributed by atoms with E-state index in [0.29, 0.717) is 16.5 Å². The molecule has 1 saturated heterocycles. The van der Waals surface area contributed by atoms with E-state index in [1.54, 1.807) is 55.6 Å². The van der Waals surface area contributed by atoms with Gasteiger partial charge >= 0.3 is 0 Å². The van der Waals surface area contributed by atoms with Crippen LogP contribution in [0.1, 0.15) is 32.8 Å². The van der Waals surface area contributed by atoms with E-state index in [1.807, 2.05) is 20.8 Å². The molecule has 0 aliphatic carbocycles. The fourth-order valence-electron chi connectivity index (χ4n) is 3.70. The molecule has 1 aliphatic rings. The van der Waals surface area contributed by atoms with Crippen molar-refractivity contribution in [3.63, 3.8) is 0 Å². The number of benzene rings is 2. The van der Waals surface area contributed by atoms with Gasteiger partial charge in [0.15, 0.2) is 0 Å². The molecule has 0 saturated carbocycles. The summed E-state index contributed by atoms with van der Waals surface area (Å²) in [4.78, 5) is 41.8. The molecule has 1 heterocycles. The molecule has 30 heavy (non-hydrogen) atoms. The third-order valence-electron chi connectivity index (χ3n) is 5.03. The van der Waals surface area contributed by atoms with Gasteiger partial charge in [0.2, 0.25) is 11.8 Å². The quantitative estimate of drug-likeness (QED) is 0.678. The highest BCUT2D eigenvalue weighted by atomic mass is 35.5. The second-order valence-electron chi connectivity index (χ2n) is 8.22. The number of carbonyl (C=O) groups is 3. The van der Waals surface area contributed by atoms with E-state index < -0.39 is 17.5 Å². The molecule has 2 aromatic carbocycles. The third kappa shape index (κ3) is 4.49. The number of methoxy groups -OCH3 is 1. The maximum atomic E-state index is 13.2. The lowest BCUT2D eigenvalue weighted by Gasteiger charge is -2.39. The summed E-state index contributed by atoms with van der Waals surface area (Å²) in [5.41, 5.74) is 0.620. The Bertz CT molecular complexity index is 949. The number of halogens is 1. The Morgan fingerprint density at radius 2 is 1.70 bits per heavy atom. The van der Waals surface area contributed by atoms with Crippen molar-refractivity contribution < 1.29 is 19.1 Å². The van der Waals surface area contributed by atoms with Gasteiger partial charge in [0.05, 0.1) is 25.6 Å². The molecule has 3 rings (SSSR count). The molecule has 2 aromatic rings. The minimum atomic E-state index is -0.848. The van der Waals surface area contributed by atoms with Crippen LogP contribution in [0.15, 0.2) is 48.5 Å². The average Bonchev–Trinajstić information content (AvgIpc) is 2.96. The van der Waals surface area contributed by atoms with E-state index in [4.69, 9.17) is 16.3 Å². The van der Waals surface area contributed by atoms with Crippen molar-refractivity contribution >= 4 is 35.0 Å². The number of carbonyl (C=O) groups excluding carboxylic acids is 3. The summed E-state index contributed by atoms with van der Waals surface area (Å²) >= 11 is 5.92. The average molecular weight is 429 g/mol. The zero-order valence-electron chi connectivity index (χ0n) is 17.5. The van der Waals surface area contributed by atoms with E-state index in [-0.39, 0.29) is 24.7 Å². The predicted molar refractivity (Wildman–Crippen MR) is 116 cm³/mol. The highest BCUT2D eigenvalue weighted by Crippen LogP contribution is 2.31. The first-order valence-corrected chi connectivity index (χ1v) is 10.1. The summed E-state index contributed by atoms with van der Waals surface area (Å²) in [6.45, 7) is 5.58. The van der Waals surface area contributed by atoms with E-state index in [2.05, 4.69) is 0 Å². The summed E-state index contributed by atoms with van der Waals surface area (Å²) in [7, 11) is 1.55. The summed E-state index contributed by atoms with van der Waals surface area (Å²) in [5.74, 6) is -0.315. The van der Waals surface area contributed by atoms with Crippen LogP contribution in [-0.4, -0.2) is 41.3 Å². The molecule has 3 amide bonds. The second kappa shape index (κ2) is 8.48. The van der Waals surface area contributed by atoms with Crippen molar-refractivity contribution in [2.24, 2.45) is 0 Å². The molecule has 1 atom stereocenters. The number of hydrogen-bond acceptors (Lipinski definition) is 4. The third-order valence-corrected chi connectivity index (χ3v) is 5.28. The van der Waals surface area contributed by atoms with Crippen molar-refractivity contribution in [2.75, 3.05) is 12.0 Å². The van der Waals surface area contributed by atoms with Crippen LogP contribution in [0, 0.1) is 0 Å². The zero-order valence-corrected chi connectivity index (χ0v) is 18.3. The molecule has 0 spiro atoms. The van der Waals surface area contributed by atoms with Crippen LogP contribution in [0.3, 0.4) is 0 Å². The van der Waals surface area contributed by atoms with Gasteiger partial charge < -0.3 is 9.64 Å². The number of nitrogens with zero attached hydrogens (tertiary/aromatic N) is 2. The van der Waals surface area contributed by atoms with Crippen LogP contribution in [0.25, 0.3) is 0 Å². The van der Waals surface area contributed by atoms with Gasteiger partial charge in [0.1, 0.15) is 11.8 Å². The number of imide groups is 1. The molecule has 1 unspecified atom stereocenters. The summed E-state index contributed by atoms with van der Waals surface area (Å²) in [6.07, 6.45) is 0.0729. The van der Waals surface area contributed by atoms with Gasteiger partial charge in [-0.15, -0.1) is 0 Å². The number of hydrogen-bond donors (Lipinski definition) is 0. The second-order valence-corrected chi connectivity index (χ2v) is 8.66. The first kappa shape index (κ1) is 21.8. The predicted octanol–water partition coefficient (Wildman–Crippen LogP) is 3.85. The van der Waals surface area contributed by atoms with Crippen LogP contribution in [0.4, 0.5) is 5.69 Å². The van der Waals surface area contributed by atoms with Gasteiger partial charge in [-0.3, -0.25) is 14.4 Å². The van der Waals surface area contributed by atoms with Gasteiger partial charge in [0, 0.05) is 10.6 Å². The highest BCUT2D eigenvalue weighted by Gasteiger charge is 2.47. The molecule has 0 N–H and O–H groups in total. The molecular formula is C23H25ClN2O4. The van der Waals surface area contributed by atoms with E-state index in [9.17, 15) is 14.4 Å². The maximum Gasteiger partial charge on any atom is 0.257 e. The molecule has 0 aromatic heterocycles. The molecule has 7 heteroatoms. The normalized spacial score (nSPS) is 16.7. The van der Waals surface area contributed by atoms with Crippen molar-refractivity contribution in [2.45, 2.75) is 45.2 Å². The number of rotatable bonds is 5. The van der Waals surface area contributed by atoms with Crippen LogP contribution < -0.4 is 9.64 Å². The Hall–Kier alpha value is -2.86. The molecule has 1 aliphatic heterocycles. The Morgan fingerprint density at radius 1 is 1.10 bits per heavy atom. The molecule has 0 radical (unpaired) electrons. The van der Waals surface area contributed by atoms with Gasteiger partial charge in [-0.05, 0) is 62.7 Å². The molecular weight excluding hydrogens is 404 g/mol.